The van der Waals surface area contributed by atoms with E-state index in [1.165, 1.54) is 24.3 Å². The molecule has 1 atom stereocenters. The van der Waals surface area contributed by atoms with Crippen molar-refractivity contribution in [3.8, 4) is 11.5 Å². The molecule has 172 valence electrons. The Kier molecular flexibility index (Phi) is 5.89. The summed E-state index contributed by atoms with van der Waals surface area (Å²) in [5.41, 5.74) is 0.408. The second-order valence-electron chi connectivity index (χ2n) is 7.40. The van der Waals surface area contributed by atoms with E-state index in [0.717, 1.165) is 34.1 Å². The molecule has 10 heteroatoms. The quantitative estimate of drug-likeness (QED) is 0.567. The lowest BCUT2D eigenvalue weighted by molar-refractivity contribution is -0.142. The molecule has 0 aromatic heterocycles. The fourth-order valence-corrected chi connectivity index (χ4v) is 5.29. The van der Waals surface area contributed by atoms with Gasteiger partial charge in [-0.2, -0.15) is 17.5 Å². The van der Waals surface area contributed by atoms with E-state index in [1.807, 2.05) is 0 Å². The summed E-state index contributed by atoms with van der Waals surface area (Å²) in [6.07, 6.45) is -4.08. The molecule has 0 saturated carbocycles. The largest absolute Gasteiger partial charge is 0.480 e. The number of aliphatic carboxylic acids is 1. The van der Waals surface area contributed by atoms with E-state index in [-0.39, 0.29) is 22.9 Å². The molecule has 0 saturated heterocycles. The van der Waals surface area contributed by atoms with Gasteiger partial charge in [-0.1, -0.05) is 24.3 Å². The van der Waals surface area contributed by atoms with Crippen molar-refractivity contribution in [1.29, 1.82) is 0 Å². The molecule has 1 heterocycles. The first kappa shape index (κ1) is 22.8. The Morgan fingerprint density at radius 3 is 2.09 bits per heavy atom. The van der Waals surface area contributed by atoms with Gasteiger partial charge in [-0.15, -0.1) is 0 Å². The predicted molar refractivity (Wildman–Crippen MR) is 112 cm³/mol. The van der Waals surface area contributed by atoms with Crippen LogP contribution in [0.1, 0.15) is 22.7 Å². The zero-order valence-corrected chi connectivity index (χ0v) is 17.8. The van der Waals surface area contributed by atoms with Crippen molar-refractivity contribution in [2.45, 2.75) is 23.5 Å². The molecule has 1 aliphatic rings. The third kappa shape index (κ3) is 4.57. The Labute approximate surface area is 187 Å². The van der Waals surface area contributed by atoms with Crippen LogP contribution in [0.2, 0.25) is 0 Å². The van der Waals surface area contributed by atoms with Crippen molar-refractivity contribution < 1.29 is 36.2 Å². The average Bonchev–Trinajstić information content (AvgIpc) is 2.78. The minimum Gasteiger partial charge on any atom is -0.480 e. The van der Waals surface area contributed by atoms with Crippen LogP contribution in [-0.2, 0) is 27.4 Å². The summed E-state index contributed by atoms with van der Waals surface area (Å²) >= 11 is 0. The molecule has 1 N–H and O–H groups in total. The number of alkyl halides is 3. The second-order valence-corrected chi connectivity index (χ2v) is 9.29. The van der Waals surface area contributed by atoms with Gasteiger partial charge in [0.2, 0.25) is 10.0 Å². The van der Waals surface area contributed by atoms with Crippen LogP contribution in [-0.4, -0.2) is 30.3 Å². The van der Waals surface area contributed by atoms with E-state index in [0.29, 0.717) is 12.0 Å². The lowest BCUT2D eigenvalue weighted by atomic mass is 9.94. The van der Waals surface area contributed by atoms with Gasteiger partial charge >= 0.3 is 12.1 Å². The van der Waals surface area contributed by atoms with E-state index in [1.54, 1.807) is 24.3 Å². The highest BCUT2D eigenvalue weighted by molar-refractivity contribution is 7.89. The molecule has 1 aliphatic heterocycles. The number of fused-ring (bicyclic) bond motifs is 1. The Balaban J connectivity index is 1.56. The average molecular weight is 477 g/mol. The van der Waals surface area contributed by atoms with Gasteiger partial charge in [0.25, 0.3) is 0 Å². The first-order valence-electron chi connectivity index (χ1n) is 9.85. The van der Waals surface area contributed by atoms with Gasteiger partial charge < -0.3 is 9.84 Å². The van der Waals surface area contributed by atoms with Crippen molar-refractivity contribution in [3.05, 3.63) is 89.5 Å². The maximum Gasteiger partial charge on any atom is 0.416 e. The van der Waals surface area contributed by atoms with E-state index in [9.17, 15) is 31.5 Å². The number of benzene rings is 3. The van der Waals surface area contributed by atoms with Crippen molar-refractivity contribution >= 4 is 16.0 Å². The van der Waals surface area contributed by atoms with E-state index >= 15 is 0 Å². The third-order valence-electron chi connectivity index (χ3n) is 5.32. The summed E-state index contributed by atoms with van der Waals surface area (Å²) in [5, 5.41) is 9.75. The maximum absolute atomic E-state index is 13.2. The number of carboxylic acids is 1. The van der Waals surface area contributed by atoms with Crippen LogP contribution in [0, 0.1) is 0 Å². The third-order valence-corrected chi connectivity index (χ3v) is 7.20. The number of sulfonamides is 1. The molecule has 0 unspecified atom stereocenters. The molecule has 33 heavy (non-hydrogen) atoms. The highest BCUT2D eigenvalue weighted by atomic mass is 32.2. The van der Waals surface area contributed by atoms with Gasteiger partial charge in [-0.3, -0.25) is 4.79 Å². The minimum absolute atomic E-state index is 0.0140. The van der Waals surface area contributed by atoms with Crippen LogP contribution in [0.4, 0.5) is 13.2 Å². The highest BCUT2D eigenvalue weighted by Crippen LogP contribution is 2.35. The SMILES string of the molecule is O=C(O)[C@H]1c2ccccc2CCN1S(=O)(=O)c1ccc(Oc2ccc(C(F)(F)F)cc2)cc1. The second kappa shape index (κ2) is 8.53. The summed E-state index contributed by atoms with van der Waals surface area (Å²) in [7, 11) is -4.14. The molecule has 0 radical (unpaired) electrons. The van der Waals surface area contributed by atoms with Crippen molar-refractivity contribution in [3.63, 3.8) is 0 Å². The number of ether oxygens (including phenoxy) is 1. The molecule has 3 aromatic rings. The molecule has 4 rings (SSSR count). The van der Waals surface area contributed by atoms with Gasteiger partial charge in [0.15, 0.2) is 0 Å². The fourth-order valence-electron chi connectivity index (χ4n) is 3.72. The number of hydrogen-bond donors (Lipinski definition) is 1. The van der Waals surface area contributed by atoms with Crippen LogP contribution in [0.3, 0.4) is 0 Å². The van der Waals surface area contributed by atoms with Gasteiger partial charge in [-0.25, -0.2) is 8.42 Å². The maximum atomic E-state index is 13.2. The summed E-state index contributed by atoms with van der Waals surface area (Å²) in [6, 6.07) is 14.8. The van der Waals surface area contributed by atoms with Crippen LogP contribution in [0.25, 0.3) is 0 Å². The first-order chi connectivity index (χ1) is 15.6. The Morgan fingerprint density at radius 2 is 1.52 bits per heavy atom. The zero-order chi connectivity index (χ0) is 23.8. The molecule has 0 aliphatic carbocycles. The smallest absolute Gasteiger partial charge is 0.416 e. The molecule has 0 amide bonds. The minimum atomic E-state index is -4.46. The first-order valence-corrected chi connectivity index (χ1v) is 11.3. The molecule has 6 nitrogen and oxygen atoms in total. The number of nitrogens with zero attached hydrogens (tertiary/aromatic N) is 1. The number of carboxylic acid groups (broad SMARTS) is 1. The summed E-state index contributed by atoms with van der Waals surface area (Å²) in [4.78, 5) is 11.8. The normalized spacial score (nSPS) is 16.8. The monoisotopic (exact) mass is 477 g/mol. The highest BCUT2D eigenvalue weighted by Gasteiger charge is 2.40. The summed E-state index contributed by atoms with van der Waals surface area (Å²) < 4.78 is 70.9. The Morgan fingerprint density at radius 1 is 0.939 bits per heavy atom. The summed E-state index contributed by atoms with van der Waals surface area (Å²) in [6.45, 7) is 0.0140. The van der Waals surface area contributed by atoms with Gasteiger partial charge in [0.1, 0.15) is 17.5 Å². The van der Waals surface area contributed by atoms with Gasteiger partial charge in [-0.05, 0) is 66.1 Å². The number of rotatable bonds is 5. The Hall–Kier alpha value is -3.37. The lowest BCUT2D eigenvalue weighted by Crippen LogP contribution is -2.43. The topological polar surface area (TPSA) is 83.9 Å². The molecular weight excluding hydrogens is 459 g/mol. The zero-order valence-electron chi connectivity index (χ0n) is 17.0. The van der Waals surface area contributed by atoms with Crippen LogP contribution >= 0.6 is 0 Å². The van der Waals surface area contributed by atoms with Crippen molar-refractivity contribution in [2.75, 3.05) is 6.54 Å². The van der Waals surface area contributed by atoms with Gasteiger partial charge in [0, 0.05) is 6.54 Å². The van der Waals surface area contributed by atoms with E-state index < -0.39 is 33.8 Å². The predicted octanol–water partition coefficient (Wildman–Crippen LogP) is 4.87. The molecular formula is C23H18F3NO5S. The number of carbonyl (C=O) groups is 1. The van der Waals surface area contributed by atoms with Crippen molar-refractivity contribution in [1.82, 2.24) is 4.31 Å². The molecule has 0 fully saturated rings. The molecule has 3 aromatic carbocycles. The van der Waals surface area contributed by atoms with Crippen molar-refractivity contribution in [2.24, 2.45) is 0 Å². The van der Waals surface area contributed by atoms with Crippen LogP contribution in [0.15, 0.2) is 77.7 Å². The van der Waals surface area contributed by atoms with Gasteiger partial charge in [0.05, 0.1) is 10.5 Å². The molecule has 0 spiro atoms. The summed E-state index contributed by atoms with van der Waals surface area (Å²) in [5.74, 6) is -0.905. The van der Waals surface area contributed by atoms with Crippen LogP contribution in [0.5, 0.6) is 11.5 Å². The Bertz CT molecular complexity index is 1270. The number of hydrogen-bond acceptors (Lipinski definition) is 4. The standard InChI is InChI=1S/C23H18F3NO5S/c24-23(25,26)16-5-7-17(8-6-16)32-18-9-11-19(12-10-18)33(30,31)27-14-13-15-3-1-2-4-20(15)21(27)22(28)29/h1-12,21H,13-14H2,(H,28,29)/t21-/m1/s1. The lowest BCUT2D eigenvalue weighted by Gasteiger charge is -2.33. The van der Waals surface area contributed by atoms with E-state index in [2.05, 4.69) is 0 Å². The van der Waals surface area contributed by atoms with E-state index in [4.69, 9.17) is 4.74 Å². The number of halogens is 3. The fraction of sp³-hybridized carbons (Fsp3) is 0.174. The van der Waals surface area contributed by atoms with Crippen LogP contribution < -0.4 is 4.74 Å². The molecule has 0 bridgehead atoms.